The van der Waals surface area contributed by atoms with Gasteiger partial charge in [0.25, 0.3) is 0 Å². The van der Waals surface area contributed by atoms with Crippen LogP contribution in [0.4, 0.5) is 5.69 Å². The Morgan fingerprint density at radius 2 is 2.31 bits per heavy atom. The van der Waals surface area contributed by atoms with Gasteiger partial charge in [0.05, 0.1) is 18.5 Å². The predicted molar refractivity (Wildman–Crippen MR) is 53.7 cm³/mol. The molecule has 0 bridgehead atoms. The molecule has 0 saturated carbocycles. The summed E-state index contributed by atoms with van der Waals surface area (Å²) in [6.45, 7) is 1.97. The molecular formula is C10H14N2O. The van der Waals surface area contributed by atoms with Crippen LogP contribution in [0.1, 0.15) is 12.6 Å². The van der Waals surface area contributed by atoms with Crippen LogP contribution in [0.15, 0.2) is 24.3 Å². The number of rotatable bonds is 3. The number of ether oxygens (including phenoxy) is 1. The molecule has 70 valence electrons. The molecule has 0 unspecified atom stereocenters. The fourth-order valence-electron chi connectivity index (χ4n) is 0.999. The van der Waals surface area contributed by atoms with E-state index < -0.39 is 0 Å². The summed E-state index contributed by atoms with van der Waals surface area (Å²) in [5.41, 5.74) is 7.30. The maximum absolute atomic E-state index is 5.73. The van der Waals surface area contributed by atoms with E-state index in [2.05, 4.69) is 4.98 Å². The molecule has 0 spiro atoms. The second kappa shape index (κ2) is 4.50. The normalized spacial score (nSPS) is 10.6. The van der Waals surface area contributed by atoms with Crippen molar-refractivity contribution in [3.05, 3.63) is 30.0 Å². The molecule has 13 heavy (non-hydrogen) atoms. The van der Waals surface area contributed by atoms with Crippen molar-refractivity contribution in [2.45, 2.75) is 13.3 Å². The van der Waals surface area contributed by atoms with E-state index >= 15 is 0 Å². The molecule has 1 heterocycles. The lowest BCUT2D eigenvalue weighted by molar-refractivity contribution is 0.397. The lowest BCUT2D eigenvalue weighted by Gasteiger charge is -2.04. The van der Waals surface area contributed by atoms with Crippen LogP contribution in [0.5, 0.6) is 5.88 Å². The van der Waals surface area contributed by atoms with Crippen molar-refractivity contribution in [1.29, 1.82) is 0 Å². The maximum atomic E-state index is 5.73. The number of hydrogen-bond donors (Lipinski definition) is 1. The Kier molecular flexibility index (Phi) is 3.31. The maximum Gasteiger partial charge on any atom is 0.213 e. The lowest BCUT2D eigenvalue weighted by atomic mass is 10.2. The zero-order chi connectivity index (χ0) is 9.68. The Balaban J connectivity index is 2.90. The van der Waals surface area contributed by atoms with Gasteiger partial charge in [-0.05, 0) is 13.0 Å². The lowest BCUT2D eigenvalue weighted by Crippen LogP contribution is -1.98. The van der Waals surface area contributed by atoms with Crippen molar-refractivity contribution in [3.63, 3.8) is 0 Å². The van der Waals surface area contributed by atoms with Gasteiger partial charge in [-0.25, -0.2) is 4.98 Å². The van der Waals surface area contributed by atoms with Crippen molar-refractivity contribution >= 4 is 5.69 Å². The molecule has 3 heteroatoms. The van der Waals surface area contributed by atoms with Crippen LogP contribution in [-0.4, -0.2) is 12.1 Å². The first-order chi connectivity index (χ1) is 6.27. The third-order valence-corrected chi connectivity index (χ3v) is 1.74. The Hall–Kier alpha value is -1.51. The average molecular weight is 178 g/mol. The Morgan fingerprint density at radius 1 is 1.54 bits per heavy atom. The number of nitrogen functional groups attached to an aromatic ring is 1. The summed E-state index contributed by atoms with van der Waals surface area (Å²) in [5, 5.41) is 0. The molecule has 0 aliphatic rings. The van der Waals surface area contributed by atoms with Crippen molar-refractivity contribution in [1.82, 2.24) is 4.98 Å². The summed E-state index contributed by atoms with van der Waals surface area (Å²) >= 11 is 0. The van der Waals surface area contributed by atoms with E-state index in [1.165, 1.54) is 0 Å². The first-order valence-corrected chi connectivity index (χ1v) is 4.18. The summed E-state index contributed by atoms with van der Waals surface area (Å²) in [4.78, 5) is 4.23. The highest BCUT2D eigenvalue weighted by atomic mass is 16.5. The fourth-order valence-corrected chi connectivity index (χ4v) is 0.999. The number of nitrogens with two attached hydrogens (primary N) is 1. The average Bonchev–Trinajstić information content (AvgIpc) is 2.17. The molecule has 0 saturated heterocycles. The van der Waals surface area contributed by atoms with Crippen LogP contribution in [0.3, 0.4) is 0 Å². The standard InChI is InChI=1S/C10H14N2O/c1-3-4-5-9-8(11)6-7-10(12-9)13-2/h3-4,6-7H,5,11H2,1-2H3/b4-3-. The number of hydrogen-bond acceptors (Lipinski definition) is 3. The van der Waals surface area contributed by atoms with Crippen LogP contribution in [0.25, 0.3) is 0 Å². The number of pyridine rings is 1. The van der Waals surface area contributed by atoms with Crippen molar-refractivity contribution in [2.24, 2.45) is 0 Å². The first kappa shape index (κ1) is 9.58. The molecule has 0 atom stereocenters. The van der Waals surface area contributed by atoms with E-state index in [1.54, 1.807) is 13.2 Å². The molecule has 0 aliphatic carbocycles. The monoisotopic (exact) mass is 178 g/mol. The zero-order valence-electron chi connectivity index (χ0n) is 7.95. The van der Waals surface area contributed by atoms with Gasteiger partial charge < -0.3 is 10.5 Å². The van der Waals surface area contributed by atoms with Crippen LogP contribution in [0.2, 0.25) is 0 Å². The van der Waals surface area contributed by atoms with E-state index in [-0.39, 0.29) is 0 Å². The largest absolute Gasteiger partial charge is 0.481 e. The number of anilines is 1. The number of nitrogens with zero attached hydrogens (tertiary/aromatic N) is 1. The van der Waals surface area contributed by atoms with Gasteiger partial charge in [0.1, 0.15) is 0 Å². The summed E-state index contributed by atoms with van der Waals surface area (Å²) in [6.07, 6.45) is 4.73. The Bertz CT molecular complexity index is 308. The van der Waals surface area contributed by atoms with E-state index in [0.29, 0.717) is 11.6 Å². The van der Waals surface area contributed by atoms with Gasteiger partial charge in [-0.3, -0.25) is 0 Å². The zero-order valence-corrected chi connectivity index (χ0v) is 7.95. The van der Waals surface area contributed by atoms with E-state index in [4.69, 9.17) is 10.5 Å². The van der Waals surface area contributed by atoms with Gasteiger partial charge >= 0.3 is 0 Å². The molecule has 2 N–H and O–H groups in total. The van der Waals surface area contributed by atoms with Crippen LogP contribution >= 0.6 is 0 Å². The van der Waals surface area contributed by atoms with Crippen LogP contribution < -0.4 is 10.5 Å². The molecule has 0 radical (unpaired) electrons. The number of methoxy groups -OCH3 is 1. The second-order valence-corrected chi connectivity index (χ2v) is 2.66. The molecule has 0 aliphatic heterocycles. The SMILES string of the molecule is C/C=C\Cc1nc(OC)ccc1N. The highest BCUT2D eigenvalue weighted by Gasteiger charge is 2.00. The molecule has 1 rings (SSSR count). The third-order valence-electron chi connectivity index (χ3n) is 1.74. The van der Waals surface area contributed by atoms with Crippen LogP contribution in [0, 0.1) is 0 Å². The smallest absolute Gasteiger partial charge is 0.213 e. The minimum Gasteiger partial charge on any atom is -0.481 e. The molecule has 0 amide bonds. The van der Waals surface area contributed by atoms with Crippen molar-refractivity contribution in [3.8, 4) is 5.88 Å². The highest BCUT2D eigenvalue weighted by Crippen LogP contribution is 2.15. The van der Waals surface area contributed by atoms with Gasteiger partial charge in [0.2, 0.25) is 5.88 Å². The summed E-state index contributed by atoms with van der Waals surface area (Å²) in [5.74, 6) is 0.605. The van der Waals surface area contributed by atoms with Gasteiger partial charge in [-0.2, -0.15) is 0 Å². The minimum atomic E-state index is 0.605. The van der Waals surface area contributed by atoms with Gasteiger partial charge in [-0.15, -0.1) is 0 Å². The third kappa shape index (κ3) is 2.47. The molecule has 3 nitrogen and oxygen atoms in total. The summed E-state index contributed by atoms with van der Waals surface area (Å²) in [6, 6.07) is 3.57. The van der Waals surface area contributed by atoms with E-state index in [1.807, 2.05) is 25.1 Å². The first-order valence-electron chi connectivity index (χ1n) is 4.18. The topological polar surface area (TPSA) is 48.1 Å². The molecule has 1 aromatic rings. The number of aromatic nitrogens is 1. The molecule has 0 aromatic carbocycles. The quantitative estimate of drug-likeness (QED) is 0.718. The van der Waals surface area contributed by atoms with E-state index in [0.717, 1.165) is 12.1 Å². The van der Waals surface area contributed by atoms with Gasteiger partial charge in [0, 0.05) is 12.5 Å². The Labute approximate surface area is 78.2 Å². The van der Waals surface area contributed by atoms with Crippen LogP contribution in [-0.2, 0) is 6.42 Å². The van der Waals surface area contributed by atoms with Crippen molar-refractivity contribution < 1.29 is 4.74 Å². The Morgan fingerprint density at radius 3 is 2.92 bits per heavy atom. The fraction of sp³-hybridized carbons (Fsp3) is 0.300. The van der Waals surface area contributed by atoms with E-state index in [9.17, 15) is 0 Å². The highest BCUT2D eigenvalue weighted by molar-refractivity contribution is 5.45. The summed E-state index contributed by atoms with van der Waals surface area (Å²) in [7, 11) is 1.60. The molecular weight excluding hydrogens is 164 g/mol. The second-order valence-electron chi connectivity index (χ2n) is 2.66. The molecule has 1 aromatic heterocycles. The van der Waals surface area contributed by atoms with Gasteiger partial charge in [-0.1, -0.05) is 12.2 Å². The van der Waals surface area contributed by atoms with Gasteiger partial charge in [0.15, 0.2) is 0 Å². The number of allylic oxidation sites excluding steroid dienone is 2. The predicted octanol–water partition coefficient (Wildman–Crippen LogP) is 1.79. The van der Waals surface area contributed by atoms with Crippen molar-refractivity contribution in [2.75, 3.05) is 12.8 Å². The summed E-state index contributed by atoms with van der Waals surface area (Å²) < 4.78 is 5.00. The minimum absolute atomic E-state index is 0.605. The molecule has 0 fully saturated rings.